The third kappa shape index (κ3) is 3.84. The Hall–Kier alpha value is -2.48. The molecule has 0 aliphatic carbocycles. The Morgan fingerprint density at radius 3 is 2.65 bits per heavy atom. The topological polar surface area (TPSA) is 87.0 Å². The largest absolute Gasteiger partial charge is 0.468 e. The van der Waals surface area contributed by atoms with E-state index in [4.69, 9.17) is 4.74 Å². The molecular weight excluding hydrogens is 320 g/mol. The second-order valence-electron chi connectivity index (χ2n) is 4.58. The van der Waals surface area contributed by atoms with E-state index < -0.39 is 11.9 Å². The van der Waals surface area contributed by atoms with E-state index in [0.717, 1.165) is 4.70 Å². The fourth-order valence-electron chi connectivity index (χ4n) is 1.98. The van der Waals surface area contributed by atoms with E-state index in [1.165, 1.54) is 25.4 Å². The van der Waals surface area contributed by atoms with Crippen molar-refractivity contribution in [1.82, 2.24) is 4.57 Å². The number of thiazole rings is 1. The average molecular weight is 336 g/mol. The molecule has 1 amide bonds. The number of aromatic nitrogens is 1. The predicted octanol–water partition coefficient (Wildman–Crippen LogP) is 1.50. The van der Waals surface area contributed by atoms with Gasteiger partial charge < -0.3 is 14.0 Å². The van der Waals surface area contributed by atoms with Crippen molar-refractivity contribution >= 4 is 39.4 Å². The second-order valence-corrected chi connectivity index (χ2v) is 5.59. The molecule has 0 saturated carbocycles. The number of fused-ring (bicyclic) bond motifs is 1. The zero-order valence-corrected chi connectivity index (χ0v) is 13.8. The Morgan fingerprint density at radius 2 is 2.04 bits per heavy atom. The molecular formula is C15H16N2O5S. The molecule has 8 heteroatoms. The summed E-state index contributed by atoms with van der Waals surface area (Å²) in [6.45, 7) is 3.28. The molecule has 0 spiro atoms. The maximum atomic E-state index is 11.8. The van der Waals surface area contributed by atoms with Gasteiger partial charge in [0, 0.05) is 6.92 Å². The standard InChI is InChI=1S/C15H16N2O5S/c1-4-22-14(20)10-5-6-11-12(7-10)23-15(16-9(2)18)17(11)8-13(19)21-3/h5-7H,4,8H2,1-3H3. The van der Waals surface area contributed by atoms with Gasteiger partial charge in [-0.1, -0.05) is 11.3 Å². The van der Waals surface area contributed by atoms with Gasteiger partial charge in [0.25, 0.3) is 0 Å². The molecule has 122 valence electrons. The number of rotatable bonds is 4. The second kappa shape index (κ2) is 7.19. The minimum Gasteiger partial charge on any atom is -0.468 e. The van der Waals surface area contributed by atoms with Crippen molar-refractivity contribution in [1.29, 1.82) is 0 Å². The molecule has 0 bridgehead atoms. The number of methoxy groups -OCH3 is 1. The number of hydrogen-bond donors (Lipinski definition) is 0. The minimum atomic E-state index is -0.454. The maximum Gasteiger partial charge on any atom is 0.338 e. The van der Waals surface area contributed by atoms with Crippen LogP contribution in [0.3, 0.4) is 0 Å². The van der Waals surface area contributed by atoms with Crippen molar-refractivity contribution in [2.45, 2.75) is 20.4 Å². The van der Waals surface area contributed by atoms with Gasteiger partial charge in [-0.25, -0.2) is 4.79 Å². The quantitative estimate of drug-likeness (QED) is 0.790. The van der Waals surface area contributed by atoms with E-state index in [9.17, 15) is 14.4 Å². The van der Waals surface area contributed by atoms with Gasteiger partial charge in [0.15, 0.2) is 4.80 Å². The lowest BCUT2D eigenvalue weighted by Crippen LogP contribution is -2.22. The Kier molecular flexibility index (Phi) is 5.28. The van der Waals surface area contributed by atoms with Crippen LogP contribution >= 0.6 is 11.3 Å². The van der Waals surface area contributed by atoms with Crippen molar-refractivity contribution < 1.29 is 23.9 Å². The Morgan fingerprint density at radius 1 is 1.30 bits per heavy atom. The van der Waals surface area contributed by atoms with Crippen LogP contribution in [-0.4, -0.2) is 36.1 Å². The molecule has 0 atom stereocenters. The van der Waals surface area contributed by atoms with Crippen LogP contribution in [0.4, 0.5) is 0 Å². The first kappa shape index (κ1) is 16.9. The molecule has 1 heterocycles. The number of esters is 2. The van der Waals surface area contributed by atoms with Gasteiger partial charge in [-0.15, -0.1) is 0 Å². The van der Waals surface area contributed by atoms with E-state index in [2.05, 4.69) is 9.73 Å². The highest BCUT2D eigenvalue weighted by Gasteiger charge is 2.14. The van der Waals surface area contributed by atoms with E-state index in [1.807, 2.05) is 0 Å². The smallest absolute Gasteiger partial charge is 0.338 e. The Bertz CT molecular complexity index is 834. The molecule has 1 aromatic carbocycles. The molecule has 0 fully saturated rings. The predicted molar refractivity (Wildman–Crippen MR) is 84.0 cm³/mol. The Labute approximate surface area is 136 Å². The number of nitrogens with zero attached hydrogens (tertiary/aromatic N) is 2. The summed E-state index contributed by atoms with van der Waals surface area (Å²) in [6, 6.07) is 4.96. The number of hydrogen-bond acceptors (Lipinski definition) is 6. The van der Waals surface area contributed by atoms with Crippen LogP contribution < -0.4 is 4.80 Å². The number of amides is 1. The molecule has 0 N–H and O–H groups in total. The van der Waals surface area contributed by atoms with Crippen LogP contribution in [-0.2, 0) is 25.6 Å². The van der Waals surface area contributed by atoms with Gasteiger partial charge in [-0.2, -0.15) is 4.99 Å². The molecule has 23 heavy (non-hydrogen) atoms. The van der Waals surface area contributed by atoms with Gasteiger partial charge in [0.1, 0.15) is 6.54 Å². The fraction of sp³-hybridized carbons (Fsp3) is 0.333. The third-order valence-corrected chi connectivity index (χ3v) is 4.00. The summed E-state index contributed by atoms with van der Waals surface area (Å²) in [5, 5.41) is 0. The van der Waals surface area contributed by atoms with Crippen LogP contribution in [0.5, 0.6) is 0 Å². The summed E-state index contributed by atoms with van der Waals surface area (Å²) < 4.78 is 11.9. The maximum absolute atomic E-state index is 11.8. The van der Waals surface area contributed by atoms with Crippen LogP contribution in [0.1, 0.15) is 24.2 Å². The minimum absolute atomic E-state index is 0.0681. The zero-order chi connectivity index (χ0) is 17.0. The molecule has 0 radical (unpaired) electrons. The molecule has 7 nitrogen and oxygen atoms in total. The van der Waals surface area contributed by atoms with Crippen molar-refractivity contribution in [3.63, 3.8) is 0 Å². The lowest BCUT2D eigenvalue weighted by molar-refractivity contribution is -0.141. The molecule has 0 aliphatic heterocycles. The highest BCUT2D eigenvalue weighted by molar-refractivity contribution is 7.16. The lowest BCUT2D eigenvalue weighted by Gasteiger charge is -2.04. The Balaban J connectivity index is 2.60. The van der Waals surface area contributed by atoms with Crippen molar-refractivity contribution in [2.75, 3.05) is 13.7 Å². The summed E-state index contributed by atoms with van der Waals surface area (Å²) in [7, 11) is 1.29. The van der Waals surface area contributed by atoms with Crippen LogP contribution in [0.2, 0.25) is 0 Å². The number of carbonyl (C=O) groups is 3. The average Bonchev–Trinajstić information content (AvgIpc) is 2.83. The highest BCUT2D eigenvalue weighted by atomic mass is 32.1. The number of ether oxygens (including phenoxy) is 2. The fourth-order valence-corrected chi connectivity index (χ4v) is 3.09. The molecule has 0 aliphatic rings. The van der Waals surface area contributed by atoms with E-state index >= 15 is 0 Å². The van der Waals surface area contributed by atoms with E-state index in [0.29, 0.717) is 15.9 Å². The zero-order valence-electron chi connectivity index (χ0n) is 13.0. The number of benzene rings is 1. The van der Waals surface area contributed by atoms with E-state index in [1.54, 1.807) is 29.7 Å². The van der Waals surface area contributed by atoms with Crippen molar-refractivity contribution in [3.05, 3.63) is 28.6 Å². The van der Waals surface area contributed by atoms with Gasteiger partial charge in [0.2, 0.25) is 5.91 Å². The summed E-state index contributed by atoms with van der Waals surface area (Å²) in [4.78, 5) is 39.0. The summed E-state index contributed by atoms with van der Waals surface area (Å²) in [5.41, 5.74) is 1.09. The summed E-state index contributed by atoms with van der Waals surface area (Å²) >= 11 is 1.21. The van der Waals surface area contributed by atoms with Crippen LogP contribution in [0, 0.1) is 0 Å². The molecule has 2 aromatic rings. The van der Waals surface area contributed by atoms with Crippen molar-refractivity contribution in [2.24, 2.45) is 4.99 Å². The first-order chi connectivity index (χ1) is 11.0. The molecule has 1 aromatic heterocycles. The highest BCUT2D eigenvalue weighted by Crippen LogP contribution is 2.20. The van der Waals surface area contributed by atoms with Crippen LogP contribution in [0.25, 0.3) is 10.2 Å². The first-order valence-electron chi connectivity index (χ1n) is 6.89. The monoisotopic (exact) mass is 336 g/mol. The molecule has 0 unspecified atom stereocenters. The van der Waals surface area contributed by atoms with Crippen molar-refractivity contribution in [3.8, 4) is 0 Å². The van der Waals surface area contributed by atoms with Gasteiger partial charge in [0.05, 0.1) is 29.5 Å². The number of carbonyl (C=O) groups excluding carboxylic acids is 3. The summed E-state index contributed by atoms with van der Waals surface area (Å²) in [6.07, 6.45) is 0. The SMILES string of the molecule is CCOC(=O)c1ccc2c(c1)sc(=NC(C)=O)n2CC(=O)OC. The first-order valence-corrected chi connectivity index (χ1v) is 7.70. The van der Waals surface area contributed by atoms with Gasteiger partial charge in [-0.05, 0) is 25.1 Å². The van der Waals surface area contributed by atoms with Gasteiger partial charge in [-0.3, -0.25) is 9.59 Å². The molecule has 2 rings (SSSR count). The molecule has 0 saturated heterocycles. The van der Waals surface area contributed by atoms with E-state index in [-0.39, 0.29) is 19.1 Å². The van der Waals surface area contributed by atoms with Gasteiger partial charge >= 0.3 is 11.9 Å². The lowest BCUT2D eigenvalue weighted by atomic mass is 10.2. The normalized spacial score (nSPS) is 11.5. The third-order valence-electron chi connectivity index (χ3n) is 2.96. The summed E-state index contributed by atoms with van der Waals surface area (Å²) in [5.74, 6) is -1.25. The van der Waals surface area contributed by atoms with Crippen LogP contribution in [0.15, 0.2) is 23.2 Å².